The van der Waals surface area contributed by atoms with E-state index in [1.165, 1.54) is 12.8 Å². The molecule has 0 spiro atoms. The number of nitrogens with one attached hydrogen (secondary N) is 1. The van der Waals surface area contributed by atoms with Crippen molar-refractivity contribution in [1.29, 1.82) is 0 Å². The van der Waals surface area contributed by atoms with Gasteiger partial charge in [0.05, 0.1) is 11.9 Å². The third kappa shape index (κ3) is 5.27. The van der Waals surface area contributed by atoms with Gasteiger partial charge in [0.15, 0.2) is 0 Å². The van der Waals surface area contributed by atoms with E-state index in [4.69, 9.17) is 0 Å². The standard InChI is InChI=1S/C11H23NO3S/c1-11(2,3)10(13)8-12-16(14,15)7-6-9-4-5-9/h9-10,12-13H,4-8H2,1-3H3. The Bertz CT molecular complexity index is 315. The van der Waals surface area contributed by atoms with Crippen molar-refractivity contribution in [2.24, 2.45) is 11.3 Å². The van der Waals surface area contributed by atoms with Gasteiger partial charge in [0.25, 0.3) is 0 Å². The highest BCUT2D eigenvalue weighted by Crippen LogP contribution is 2.32. The minimum absolute atomic E-state index is 0.108. The van der Waals surface area contributed by atoms with Crippen LogP contribution >= 0.6 is 0 Å². The Morgan fingerprint density at radius 3 is 2.38 bits per heavy atom. The Balaban J connectivity index is 2.29. The van der Waals surface area contributed by atoms with Crippen LogP contribution in [-0.4, -0.2) is 31.9 Å². The summed E-state index contributed by atoms with van der Waals surface area (Å²) in [4.78, 5) is 0. The van der Waals surface area contributed by atoms with Gasteiger partial charge in [-0.1, -0.05) is 33.6 Å². The van der Waals surface area contributed by atoms with E-state index in [1.54, 1.807) is 0 Å². The van der Waals surface area contributed by atoms with Crippen LogP contribution in [0.5, 0.6) is 0 Å². The van der Waals surface area contributed by atoms with Crippen LogP contribution in [0.1, 0.15) is 40.0 Å². The molecule has 0 aliphatic heterocycles. The molecule has 0 amide bonds. The molecule has 16 heavy (non-hydrogen) atoms. The highest BCUT2D eigenvalue weighted by molar-refractivity contribution is 7.89. The largest absolute Gasteiger partial charge is 0.391 e. The summed E-state index contributed by atoms with van der Waals surface area (Å²) in [5.41, 5.74) is -0.293. The molecule has 0 aromatic rings. The zero-order valence-electron chi connectivity index (χ0n) is 10.4. The maximum absolute atomic E-state index is 11.6. The fourth-order valence-electron chi connectivity index (χ4n) is 1.31. The van der Waals surface area contributed by atoms with E-state index in [-0.39, 0.29) is 17.7 Å². The third-order valence-electron chi connectivity index (χ3n) is 2.99. The first-order valence-electron chi connectivity index (χ1n) is 5.86. The van der Waals surface area contributed by atoms with Gasteiger partial charge in [-0.15, -0.1) is 0 Å². The average molecular weight is 249 g/mol. The topological polar surface area (TPSA) is 66.4 Å². The SMILES string of the molecule is CC(C)(C)C(O)CNS(=O)(=O)CCC1CC1. The minimum Gasteiger partial charge on any atom is -0.391 e. The number of rotatable bonds is 6. The van der Waals surface area contributed by atoms with Crippen LogP contribution in [0.25, 0.3) is 0 Å². The Morgan fingerprint density at radius 2 is 1.94 bits per heavy atom. The molecule has 0 aromatic carbocycles. The summed E-state index contributed by atoms with van der Waals surface area (Å²) in [5, 5.41) is 9.71. The van der Waals surface area contributed by atoms with Gasteiger partial charge in [0.1, 0.15) is 0 Å². The van der Waals surface area contributed by atoms with Crippen molar-refractivity contribution in [2.75, 3.05) is 12.3 Å². The molecular weight excluding hydrogens is 226 g/mol. The van der Waals surface area contributed by atoms with Crippen molar-refractivity contribution in [3.63, 3.8) is 0 Å². The highest BCUT2D eigenvalue weighted by Gasteiger charge is 2.26. The van der Waals surface area contributed by atoms with Gasteiger partial charge in [0.2, 0.25) is 10.0 Å². The quantitative estimate of drug-likeness (QED) is 0.741. The molecular formula is C11H23NO3S. The number of sulfonamides is 1. The Labute approximate surface area is 98.5 Å². The molecule has 0 saturated heterocycles. The van der Waals surface area contributed by atoms with Gasteiger partial charge in [-0.2, -0.15) is 0 Å². The van der Waals surface area contributed by atoms with Crippen LogP contribution in [0.15, 0.2) is 0 Å². The minimum atomic E-state index is -3.20. The van der Waals surface area contributed by atoms with Crippen LogP contribution in [0, 0.1) is 11.3 Å². The molecule has 0 heterocycles. The fraction of sp³-hybridized carbons (Fsp3) is 1.00. The van der Waals surface area contributed by atoms with Crippen molar-refractivity contribution in [1.82, 2.24) is 4.72 Å². The number of hydrogen-bond donors (Lipinski definition) is 2. The predicted molar refractivity (Wildman–Crippen MR) is 64.6 cm³/mol. The molecule has 2 N–H and O–H groups in total. The predicted octanol–water partition coefficient (Wildman–Crippen LogP) is 1.11. The second-order valence-electron chi connectivity index (χ2n) is 5.78. The lowest BCUT2D eigenvalue weighted by Crippen LogP contribution is -2.40. The van der Waals surface area contributed by atoms with Gasteiger partial charge >= 0.3 is 0 Å². The van der Waals surface area contributed by atoms with Crippen LogP contribution in [0.2, 0.25) is 0 Å². The first kappa shape index (κ1) is 13.9. The number of hydrogen-bond acceptors (Lipinski definition) is 3. The molecule has 0 radical (unpaired) electrons. The van der Waals surface area contributed by atoms with Gasteiger partial charge in [-0.3, -0.25) is 0 Å². The first-order valence-corrected chi connectivity index (χ1v) is 7.51. The lowest BCUT2D eigenvalue weighted by molar-refractivity contribution is 0.0677. The highest BCUT2D eigenvalue weighted by atomic mass is 32.2. The molecule has 1 saturated carbocycles. The Kier molecular flexibility index (Phi) is 4.37. The zero-order valence-corrected chi connectivity index (χ0v) is 11.2. The molecule has 1 aliphatic rings. The van der Waals surface area contributed by atoms with Crippen molar-refractivity contribution >= 4 is 10.0 Å². The number of aliphatic hydroxyl groups excluding tert-OH is 1. The van der Waals surface area contributed by atoms with Crippen molar-refractivity contribution < 1.29 is 13.5 Å². The van der Waals surface area contributed by atoms with E-state index in [0.717, 1.165) is 6.42 Å². The lowest BCUT2D eigenvalue weighted by Gasteiger charge is -2.25. The normalized spacial score (nSPS) is 19.8. The summed E-state index contributed by atoms with van der Waals surface area (Å²) in [6.07, 6.45) is 2.43. The van der Waals surface area contributed by atoms with Gasteiger partial charge in [-0.25, -0.2) is 13.1 Å². The molecule has 96 valence electrons. The van der Waals surface area contributed by atoms with E-state index in [0.29, 0.717) is 5.92 Å². The summed E-state index contributed by atoms with van der Waals surface area (Å²) in [6, 6.07) is 0. The van der Waals surface area contributed by atoms with E-state index in [1.807, 2.05) is 20.8 Å². The number of aliphatic hydroxyl groups is 1. The second-order valence-corrected chi connectivity index (χ2v) is 7.71. The van der Waals surface area contributed by atoms with Crippen molar-refractivity contribution in [3.8, 4) is 0 Å². The molecule has 5 heteroatoms. The van der Waals surface area contributed by atoms with Crippen LogP contribution < -0.4 is 4.72 Å². The monoisotopic (exact) mass is 249 g/mol. The maximum atomic E-state index is 11.6. The van der Waals surface area contributed by atoms with Gasteiger partial charge in [0, 0.05) is 6.54 Å². The Morgan fingerprint density at radius 1 is 1.38 bits per heavy atom. The van der Waals surface area contributed by atoms with Crippen LogP contribution in [0.4, 0.5) is 0 Å². The lowest BCUT2D eigenvalue weighted by atomic mass is 9.89. The molecule has 1 fully saturated rings. The van der Waals surface area contributed by atoms with E-state index >= 15 is 0 Å². The maximum Gasteiger partial charge on any atom is 0.211 e. The zero-order chi connectivity index (χ0) is 12.4. The smallest absolute Gasteiger partial charge is 0.211 e. The summed E-state index contributed by atoms with van der Waals surface area (Å²) in [7, 11) is -3.20. The summed E-state index contributed by atoms with van der Waals surface area (Å²) in [6.45, 7) is 5.76. The molecule has 1 unspecified atom stereocenters. The molecule has 1 aliphatic carbocycles. The summed E-state index contributed by atoms with van der Waals surface area (Å²) >= 11 is 0. The molecule has 1 rings (SSSR count). The fourth-order valence-corrected chi connectivity index (χ4v) is 2.51. The van der Waals surface area contributed by atoms with Gasteiger partial charge < -0.3 is 5.11 Å². The van der Waals surface area contributed by atoms with Crippen molar-refractivity contribution in [2.45, 2.75) is 46.1 Å². The van der Waals surface area contributed by atoms with E-state index in [2.05, 4.69) is 4.72 Å². The van der Waals surface area contributed by atoms with E-state index < -0.39 is 16.1 Å². The summed E-state index contributed by atoms with van der Waals surface area (Å²) < 4.78 is 25.6. The van der Waals surface area contributed by atoms with Crippen LogP contribution in [-0.2, 0) is 10.0 Å². The molecule has 4 nitrogen and oxygen atoms in total. The van der Waals surface area contributed by atoms with Gasteiger partial charge in [-0.05, 0) is 17.8 Å². The third-order valence-corrected chi connectivity index (χ3v) is 4.37. The molecule has 0 aromatic heterocycles. The molecule has 1 atom stereocenters. The summed E-state index contributed by atoms with van der Waals surface area (Å²) in [5.74, 6) is 0.804. The average Bonchev–Trinajstić information content (AvgIpc) is 2.93. The first-order chi connectivity index (χ1) is 7.21. The van der Waals surface area contributed by atoms with E-state index in [9.17, 15) is 13.5 Å². The Hall–Kier alpha value is -0.130. The van der Waals surface area contributed by atoms with Crippen LogP contribution in [0.3, 0.4) is 0 Å². The second kappa shape index (κ2) is 5.02. The molecule has 0 bridgehead atoms. The van der Waals surface area contributed by atoms with Crippen molar-refractivity contribution in [3.05, 3.63) is 0 Å².